The Bertz CT molecular complexity index is 196. The monoisotopic (exact) mass is 213 g/mol. The molecule has 0 aromatic carbocycles. The van der Waals surface area contributed by atoms with Gasteiger partial charge >= 0.3 is 0 Å². The third-order valence-corrected chi connectivity index (χ3v) is 4.11. The maximum Gasteiger partial charge on any atom is 0.0729 e. The highest BCUT2D eigenvalue weighted by Gasteiger charge is 2.39. The molecule has 2 aliphatic rings. The molecule has 3 nitrogen and oxygen atoms in total. The van der Waals surface area contributed by atoms with Gasteiger partial charge in [-0.25, -0.2) is 0 Å². The van der Waals surface area contributed by atoms with Crippen molar-refractivity contribution in [1.82, 2.24) is 0 Å². The van der Waals surface area contributed by atoms with Crippen molar-refractivity contribution in [3.63, 3.8) is 0 Å². The lowest BCUT2D eigenvalue weighted by atomic mass is 9.76. The van der Waals surface area contributed by atoms with E-state index in [1.54, 1.807) is 0 Å². The van der Waals surface area contributed by atoms with Gasteiger partial charge in [-0.05, 0) is 44.1 Å². The van der Waals surface area contributed by atoms with Gasteiger partial charge in [-0.1, -0.05) is 6.92 Å². The maximum absolute atomic E-state index is 6.01. The van der Waals surface area contributed by atoms with Crippen LogP contribution in [0, 0.1) is 11.8 Å². The van der Waals surface area contributed by atoms with Crippen LogP contribution < -0.4 is 5.73 Å². The third kappa shape index (κ3) is 2.52. The highest BCUT2D eigenvalue weighted by atomic mass is 16.5. The van der Waals surface area contributed by atoms with Gasteiger partial charge in [0, 0.05) is 19.8 Å². The summed E-state index contributed by atoms with van der Waals surface area (Å²) >= 11 is 0. The molecule has 2 fully saturated rings. The van der Waals surface area contributed by atoms with Gasteiger partial charge in [0.25, 0.3) is 0 Å². The Morgan fingerprint density at radius 1 is 1.33 bits per heavy atom. The lowest BCUT2D eigenvalue weighted by molar-refractivity contribution is -0.151. The Kier molecular flexibility index (Phi) is 3.65. The zero-order valence-electron chi connectivity index (χ0n) is 9.71. The zero-order chi connectivity index (χ0) is 10.7. The molecule has 0 bridgehead atoms. The highest BCUT2D eigenvalue weighted by Crippen LogP contribution is 2.39. The molecular formula is C12H23NO2. The van der Waals surface area contributed by atoms with E-state index in [2.05, 4.69) is 6.92 Å². The molecule has 1 spiro atoms. The molecule has 0 amide bonds. The zero-order valence-corrected chi connectivity index (χ0v) is 9.71. The molecule has 2 N–H and O–H groups in total. The molecule has 15 heavy (non-hydrogen) atoms. The molecule has 2 rings (SSSR count). The maximum atomic E-state index is 6.01. The van der Waals surface area contributed by atoms with Gasteiger partial charge in [0.2, 0.25) is 0 Å². The molecule has 0 radical (unpaired) electrons. The smallest absolute Gasteiger partial charge is 0.0729 e. The Morgan fingerprint density at radius 2 is 2.07 bits per heavy atom. The molecule has 2 unspecified atom stereocenters. The minimum Gasteiger partial charge on any atom is -0.381 e. The predicted octanol–water partition coefficient (Wildman–Crippen LogP) is 1.56. The number of nitrogens with two attached hydrogens (primary N) is 1. The summed E-state index contributed by atoms with van der Waals surface area (Å²) in [5, 5.41) is 0. The standard InChI is InChI=1S/C12H23NO2/c1-10(9-13)11-2-5-15-12(8-11)3-6-14-7-4-12/h10-11H,2-9,13H2,1H3. The number of hydrogen-bond donors (Lipinski definition) is 1. The van der Waals surface area contributed by atoms with E-state index in [9.17, 15) is 0 Å². The van der Waals surface area contributed by atoms with Crippen LogP contribution in [-0.4, -0.2) is 32.0 Å². The minimum absolute atomic E-state index is 0.130. The van der Waals surface area contributed by atoms with Crippen molar-refractivity contribution < 1.29 is 9.47 Å². The van der Waals surface area contributed by atoms with Crippen LogP contribution in [0.4, 0.5) is 0 Å². The van der Waals surface area contributed by atoms with E-state index in [0.717, 1.165) is 45.1 Å². The summed E-state index contributed by atoms with van der Waals surface area (Å²) in [5.74, 6) is 1.38. The summed E-state index contributed by atoms with van der Waals surface area (Å²) in [6.45, 7) is 5.71. The average Bonchev–Trinajstić information content (AvgIpc) is 2.29. The fraction of sp³-hybridized carbons (Fsp3) is 1.00. The molecular weight excluding hydrogens is 190 g/mol. The topological polar surface area (TPSA) is 44.5 Å². The SMILES string of the molecule is CC(CN)C1CCOC2(CCOCC2)C1. The van der Waals surface area contributed by atoms with Crippen LogP contribution in [-0.2, 0) is 9.47 Å². The van der Waals surface area contributed by atoms with E-state index in [4.69, 9.17) is 15.2 Å². The molecule has 88 valence electrons. The molecule has 0 aromatic heterocycles. The summed E-state index contributed by atoms with van der Waals surface area (Å²) in [5.41, 5.74) is 5.88. The van der Waals surface area contributed by atoms with E-state index in [1.165, 1.54) is 12.8 Å². The van der Waals surface area contributed by atoms with E-state index < -0.39 is 0 Å². The van der Waals surface area contributed by atoms with Crippen molar-refractivity contribution >= 4 is 0 Å². The van der Waals surface area contributed by atoms with Gasteiger partial charge in [-0.15, -0.1) is 0 Å². The summed E-state index contributed by atoms with van der Waals surface area (Å²) in [6.07, 6.45) is 4.51. The second-order valence-electron chi connectivity index (χ2n) is 5.11. The van der Waals surface area contributed by atoms with Gasteiger partial charge in [0.1, 0.15) is 0 Å². The summed E-state index contributed by atoms with van der Waals surface area (Å²) in [6, 6.07) is 0. The number of rotatable bonds is 2. The molecule has 2 aliphatic heterocycles. The van der Waals surface area contributed by atoms with Gasteiger partial charge in [-0.3, -0.25) is 0 Å². The largest absolute Gasteiger partial charge is 0.381 e. The number of hydrogen-bond acceptors (Lipinski definition) is 3. The van der Waals surface area contributed by atoms with Crippen LogP contribution in [0.25, 0.3) is 0 Å². The Hall–Kier alpha value is -0.120. The van der Waals surface area contributed by atoms with Crippen molar-refractivity contribution in [2.45, 2.75) is 38.2 Å². The summed E-state index contributed by atoms with van der Waals surface area (Å²) in [7, 11) is 0. The molecule has 2 heterocycles. The van der Waals surface area contributed by atoms with E-state index in [1.807, 2.05) is 0 Å². The van der Waals surface area contributed by atoms with E-state index >= 15 is 0 Å². The van der Waals surface area contributed by atoms with Crippen LogP contribution in [0.5, 0.6) is 0 Å². The molecule has 0 aromatic rings. The molecule has 0 saturated carbocycles. The fourth-order valence-electron chi connectivity index (χ4n) is 2.84. The first-order chi connectivity index (χ1) is 7.26. The van der Waals surface area contributed by atoms with Crippen molar-refractivity contribution in [1.29, 1.82) is 0 Å². The van der Waals surface area contributed by atoms with Crippen molar-refractivity contribution in [3.8, 4) is 0 Å². The van der Waals surface area contributed by atoms with Crippen molar-refractivity contribution in [2.24, 2.45) is 17.6 Å². The van der Waals surface area contributed by atoms with Gasteiger partial charge in [-0.2, -0.15) is 0 Å². The normalized spacial score (nSPS) is 32.8. The van der Waals surface area contributed by atoms with Crippen LogP contribution >= 0.6 is 0 Å². The first-order valence-electron chi connectivity index (χ1n) is 6.17. The quantitative estimate of drug-likeness (QED) is 0.757. The Balaban J connectivity index is 1.96. The van der Waals surface area contributed by atoms with E-state index in [-0.39, 0.29) is 5.60 Å². The third-order valence-electron chi connectivity index (χ3n) is 4.11. The van der Waals surface area contributed by atoms with Crippen LogP contribution in [0.1, 0.15) is 32.6 Å². The molecule has 3 heteroatoms. The second kappa shape index (κ2) is 4.81. The Labute approximate surface area is 92.3 Å². The lowest BCUT2D eigenvalue weighted by Crippen LogP contribution is -2.46. The van der Waals surface area contributed by atoms with Gasteiger partial charge in [0.15, 0.2) is 0 Å². The minimum atomic E-state index is 0.130. The average molecular weight is 213 g/mol. The summed E-state index contributed by atoms with van der Waals surface area (Å²) < 4.78 is 11.4. The molecule has 2 atom stereocenters. The predicted molar refractivity (Wildman–Crippen MR) is 59.7 cm³/mol. The second-order valence-corrected chi connectivity index (χ2v) is 5.11. The van der Waals surface area contributed by atoms with Crippen molar-refractivity contribution in [2.75, 3.05) is 26.4 Å². The van der Waals surface area contributed by atoms with Crippen LogP contribution in [0.3, 0.4) is 0 Å². The van der Waals surface area contributed by atoms with E-state index in [0.29, 0.717) is 5.92 Å². The van der Waals surface area contributed by atoms with Crippen molar-refractivity contribution in [3.05, 3.63) is 0 Å². The van der Waals surface area contributed by atoms with Crippen LogP contribution in [0.2, 0.25) is 0 Å². The lowest BCUT2D eigenvalue weighted by Gasteiger charge is -2.44. The molecule has 2 saturated heterocycles. The van der Waals surface area contributed by atoms with Gasteiger partial charge in [0.05, 0.1) is 5.60 Å². The van der Waals surface area contributed by atoms with Gasteiger partial charge < -0.3 is 15.2 Å². The first-order valence-corrected chi connectivity index (χ1v) is 6.17. The number of ether oxygens (including phenoxy) is 2. The first kappa shape index (κ1) is 11.4. The highest BCUT2D eigenvalue weighted by molar-refractivity contribution is 4.90. The fourth-order valence-corrected chi connectivity index (χ4v) is 2.84. The Morgan fingerprint density at radius 3 is 2.73 bits per heavy atom. The molecule has 0 aliphatic carbocycles. The summed E-state index contributed by atoms with van der Waals surface area (Å²) in [4.78, 5) is 0. The van der Waals surface area contributed by atoms with Crippen LogP contribution in [0.15, 0.2) is 0 Å².